The maximum absolute atomic E-state index is 12.2. The summed E-state index contributed by atoms with van der Waals surface area (Å²) in [5.41, 5.74) is 5.12. The predicted octanol–water partition coefficient (Wildman–Crippen LogP) is 0.293. The van der Waals surface area contributed by atoms with E-state index in [0.717, 1.165) is 39.2 Å². The largest absolute Gasteiger partial charge is 0.383 e. The lowest BCUT2D eigenvalue weighted by atomic mass is 10.0. The highest BCUT2D eigenvalue weighted by molar-refractivity contribution is 5.85. The van der Waals surface area contributed by atoms with E-state index in [1.165, 1.54) is 0 Å². The zero-order valence-electron chi connectivity index (χ0n) is 12.1. The van der Waals surface area contributed by atoms with Crippen LogP contribution < -0.4 is 5.73 Å². The molecule has 1 fully saturated rings. The van der Waals surface area contributed by atoms with Crippen LogP contribution in [0, 0.1) is 0 Å². The van der Waals surface area contributed by atoms with Gasteiger partial charge in [0.25, 0.3) is 0 Å². The normalized spacial score (nSPS) is 22.3. The summed E-state index contributed by atoms with van der Waals surface area (Å²) in [5, 5.41) is 0. The molecular formula is C13H27N3O2. The summed E-state index contributed by atoms with van der Waals surface area (Å²) in [6.07, 6.45) is 1.04. The van der Waals surface area contributed by atoms with Crippen molar-refractivity contribution in [3.8, 4) is 0 Å². The summed E-state index contributed by atoms with van der Waals surface area (Å²) in [6, 6.07) is 0.417. The summed E-state index contributed by atoms with van der Waals surface area (Å²) in [5.74, 6) is 0.0485. The van der Waals surface area contributed by atoms with Gasteiger partial charge in [0, 0.05) is 39.3 Å². The molecule has 1 heterocycles. The molecule has 0 aromatic carbocycles. The van der Waals surface area contributed by atoms with Crippen LogP contribution in [0.1, 0.15) is 27.2 Å². The molecule has 0 spiro atoms. The van der Waals surface area contributed by atoms with Crippen molar-refractivity contribution < 1.29 is 9.53 Å². The lowest BCUT2D eigenvalue weighted by molar-refractivity contribution is -0.139. The molecule has 1 aliphatic rings. The Labute approximate surface area is 110 Å². The zero-order chi connectivity index (χ0) is 13.8. The second kappa shape index (κ2) is 6.50. The van der Waals surface area contributed by atoms with E-state index in [4.69, 9.17) is 10.5 Å². The fourth-order valence-corrected chi connectivity index (χ4v) is 2.38. The number of methoxy groups -OCH3 is 1. The summed E-state index contributed by atoms with van der Waals surface area (Å²) in [4.78, 5) is 16.5. The molecule has 1 aliphatic heterocycles. The Kier molecular flexibility index (Phi) is 5.56. The SMILES string of the molecule is CCC1CN(C(=O)C(C)(C)N)CCN1CCOC. The van der Waals surface area contributed by atoms with Gasteiger partial charge in [-0.25, -0.2) is 0 Å². The first-order valence-corrected chi connectivity index (χ1v) is 6.71. The summed E-state index contributed by atoms with van der Waals surface area (Å²) >= 11 is 0. The molecule has 1 unspecified atom stereocenters. The number of ether oxygens (including phenoxy) is 1. The van der Waals surface area contributed by atoms with Gasteiger partial charge in [-0.2, -0.15) is 0 Å². The molecule has 0 aliphatic carbocycles. The molecule has 1 amide bonds. The average Bonchev–Trinajstić information content (AvgIpc) is 2.34. The van der Waals surface area contributed by atoms with Crippen LogP contribution in [0.2, 0.25) is 0 Å². The van der Waals surface area contributed by atoms with Crippen LogP contribution in [-0.4, -0.2) is 67.2 Å². The molecule has 0 aromatic rings. The lowest BCUT2D eigenvalue weighted by Crippen LogP contribution is -2.60. The van der Waals surface area contributed by atoms with E-state index in [0.29, 0.717) is 6.04 Å². The number of nitrogens with zero attached hydrogens (tertiary/aromatic N) is 2. The van der Waals surface area contributed by atoms with Gasteiger partial charge in [0.05, 0.1) is 12.1 Å². The number of amides is 1. The highest BCUT2D eigenvalue weighted by Crippen LogP contribution is 2.15. The Morgan fingerprint density at radius 3 is 2.61 bits per heavy atom. The molecule has 1 rings (SSSR count). The van der Waals surface area contributed by atoms with E-state index in [-0.39, 0.29) is 5.91 Å². The fourth-order valence-electron chi connectivity index (χ4n) is 2.38. The monoisotopic (exact) mass is 257 g/mol. The topological polar surface area (TPSA) is 58.8 Å². The van der Waals surface area contributed by atoms with Crippen molar-refractivity contribution in [2.75, 3.05) is 39.9 Å². The third kappa shape index (κ3) is 3.93. The maximum atomic E-state index is 12.2. The Morgan fingerprint density at radius 2 is 2.11 bits per heavy atom. The number of hydrogen-bond donors (Lipinski definition) is 1. The van der Waals surface area contributed by atoms with Crippen LogP contribution in [0.15, 0.2) is 0 Å². The number of carbonyl (C=O) groups is 1. The zero-order valence-corrected chi connectivity index (χ0v) is 12.1. The van der Waals surface area contributed by atoms with E-state index >= 15 is 0 Å². The van der Waals surface area contributed by atoms with E-state index in [1.807, 2.05) is 4.90 Å². The predicted molar refractivity (Wildman–Crippen MR) is 72.4 cm³/mol. The Balaban J connectivity index is 2.58. The molecule has 0 bridgehead atoms. The summed E-state index contributed by atoms with van der Waals surface area (Å²) in [7, 11) is 1.72. The van der Waals surface area contributed by atoms with Crippen LogP contribution in [0.4, 0.5) is 0 Å². The van der Waals surface area contributed by atoms with Gasteiger partial charge in [-0.3, -0.25) is 9.69 Å². The van der Waals surface area contributed by atoms with Crippen LogP contribution in [-0.2, 0) is 9.53 Å². The van der Waals surface area contributed by atoms with Gasteiger partial charge in [0.1, 0.15) is 0 Å². The molecule has 1 atom stereocenters. The molecule has 18 heavy (non-hydrogen) atoms. The van der Waals surface area contributed by atoms with E-state index < -0.39 is 5.54 Å². The third-order valence-corrected chi connectivity index (χ3v) is 3.50. The van der Waals surface area contributed by atoms with Crippen molar-refractivity contribution in [3.63, 3.8) is 0 Å². The highest BCUT2D eigenvalue weighted by atomic mass is 16.5. The number of nitrogens with two attached hydrogens (primary N) is 1. The molecule has 0 radical (unpaired) electrons. The first kappa shape index (κ1) is 15.4. The van der Waals surface area contributed by atoms with Gasteiger partial charge >= 0.3 is 0 Å². The van der Waals surface area contributed by atoms with E-state index in [1.54, 1.807) is 21.0 Å². The smallest absolute Gasteiger partial charge is 0.242 e. The molecule has 5 nitrogen and oxygen atoms in total. The van der Waals surface area contributed by atoms with Gasteiger partial charge in [-0.05, 0) is 20.3 Å². The first-order chi connectivity index (χ1) is 8.40. The van der Waals surface area contributed by atoms with Crippen LogP contribution in [0.5, 0.6) is 0 Å². The number of rotatable bonds is 5. The molecule has 1 saturated heterocycles. The van der Waals surface area contributed by atoms with Crippen molar-refractivity contribution in [1.29, 1.82) is 0 Å². The second-order valence-electron chi connectivity index (χ2n) is 5.56. The van der Waals surface area contributed by atoms with Crippen molar-refractivity contribution in [2.45, 2.75) is 38.8 Å². The molecule has 0 saturated carbocycles. The van der Waals surface area contributed by atoms with Gasteiger partial charge in [0.15, 0.2) is 0 Å². The van der Waals surface area contributed by atoms with Crippen LogP contribution in [0.25, 0.3) is 0 Å². The Hall–Kier alpha value is -0.650. The number of hydrogen-bond acceptors (Lipinski definition) is 4. The quantitative estimate of drug-likeness (QED) is 0.769. The Morgan fingerprint density at radius 1 is 1.44 bits per heavy atom. The maximum Gasteiger partial charge on any atom is 0.242 e. The van der Waals surface area contributed by atoms with Gasteiger partial charge in [-0.1, -0.05) is 6.92 Å². The summed E-state index contributed by atoms with van der Waals surface area (Å²) in [6.45, 7) is 9.83. The van der Waals surface area contributed by atoms with Crippen LogP contribution >= 0.6 is 0 Å². The minimum Gasteiger partial charge on any atom is -0.383 e. The van der Waals surface area contributed by atoms with E-state index in [2.05, 4.69) is 11.8 Å². The second-order valence-corrected chi connectivity index (χ2v) is 5.56. The number of carbonyl (C=O) groups excluding carboxylic acids is 1. The van der Waals surface area contributed by atoms with E-state index in [9.17, 15) is 4.79 Å². The van der Waals surface area contributed by atoms with Crippen molar-refractivity contribution in [1.82, 2.24) is 9.80 Å². The molecule has 0 aromatic heterocycles. The Bertz CT molecular complexity index is 276. The highest BCUT2D eigenvalue weighted by Gasteiger charge is 2.33. The molecule has 5 heteroatoms. The lowest BCUT2D eigenvalue weighted by Gasteiger charge is -2.42. The standard InChI is InChI=1S/C13H27N3O2/c1-5-11-10-16(12(17)13(2,3)14)7-6-15(11)8-9-18-4/h11H,5-10,14H2,1-4H3. The third-order valence-electron chi connectivity index (χ3n) is 3.50. The van der Waals surface area contributed by atoms with Crippen molar-refractivity contribution in [2.24, 2.45) is 5.73 Å². The van der Waals surface area contributed by atoms with Crippen LogP contribution in [0.3, 0.4) is 0 Å². The average molecular weight is 257 g/mol. The molecule has 2 N–H and O–H groups in total. The van der Waals surface area contributed by atoms with Gasteiger partial charge < -0.3 is 15.4 Å². The molecule has 106 valence electrons. The van der Waals surface area contributed by atoms with Gasteiger partial charge in [-0.15, -0.1) is 0 Å². The number of piperazine rings is 1. The van der Waals surface area contributed by atoms with Gasteiger partial charge in [0.2, 0.25) is 5.91 Å². The van der Waals surface area contributed by atoms with Crippen molar-refractivity contribution in [3.05, 3.63) is 0 Å². The molecular weight excluding hydrogens is 230 g/mol. The minimum absolute atomic E-state index is 0.0485. The first-order valence-electron chi connectivity index (χ1n) is 6.71. The van der Waals surface area contributed by atoms with Crippen molar-refractivity contribution >= 4 is 5.91 Å². The summed E-state index contributed by atoms with van der Waals surface area (Å²) < 4.78 is 5.12. The minimum atomic E-state index is -0.771. The fraction of sp³-hybridized carbons (Fsp3) is 0.923.